The van der Waals surface area contributed by atoms with Gasteiger partial charge < -0.3 is 13.9 Å². The molecule has 0 unspecified atom stereocenters. The summed E-state index contributed by atoms with van der Waals surface area (Å²) in [7, 11) is 2.87. The summed E-state index contributed by atoms with van der Waals surface area (Å²) in [5, 5.41) is 0. The van der Waals surface area contributed by atoms with E-state index in [-0.39, 0.29) is 18.4 Å². The third-order valence-electron chi connectivity index (χ3n) is 4.17. The van der Waals surface area contributed by atoms with Gasteiger partial charge in [0.05, 0.1) is 18.4 Å². The monoisotopic (exact) mass is 387 g/mol. The third kappa shape index (κ3) is 4.14. The van der Waals surface area contributed by atoms with Crippen LogP contribution in [0, 0.1) is 19.7 Å². The molecule has 28 heavy (non-hydrogen) atoms. The van der Waals surface area contributed by atoms with Gasteiger partial charge in [0.15, 0.2) is 11.6 Å². The van der Waals surface area contributed by atoms with Gasteiger partial charge in [0, 0.05) is 31.3 Å². The highest BCUT2D eigenvalue weighted by molar-refractivity contribution is 6.06. The molecule has 0 aliphatic carbocycles. The molecule has 6 nitrogen and oxygen atoms in total. The van der Waals surface area contributed by atoms with E-state index < -0.39 is 5.82 Å². The highest BCUT2D eigenvalue weighted by atomic mass is 19.1. The van der Waals surface area contributed by atoms with E-state index in [0.29, 0.717) is 11.3 Å². The summed E-state index contributed by atoms with van der Waals surface area (Å²) in [6.45, 7) is 7.85. The normalized spacial score (nSPS) is 10.4. The number of aryl methyl sites for hydroxylation is 2. The van der Waals surface area contributed by atoms with E-state index in [1.807, 2.05) is 32.1 Å². The smallest absolute Gasteiger partial charge is 0.261 e. The molecule has 0 saturated carbocycles. The van der Waals surface area contributed by atoms with Gasteiger partial charge in [0.2, 0.25) is 0 Å². The number of ether oxygens (including phenoxy) is 2. The van der Waals surface area contributed by atoms with E-state index in [1.165, 1.54) is 37.3 Å². The molecule has 2 heterocycles. The fourth-order valence-electron chi connectivity index (χ4n) is 2.84. The lowest BCUT2D eigenvalue weighted by atomic mass is 10.1. The Hall–Kier alpha value is -2.93. The lowest BCUT2D eigenvalue weighted by Gasteiger charge is -2.23. The van der Waals surface area contributed by atoms with Crippen LogP contribution in [0.25, 0.3) is 5.65 Å². The second kappa shape index (κ2) is 9.32. The summed E-state index contributed by atoms with van der Waals surface area (Å²) in [6, 6.07) is 6.04. The second-order valence-corrected chi connectivity index (χ2v) is 5.97. The van der Waals surface area contributed by atoms with E-state index in [1.54, 1.807) is 18.5 Å². The van der Waals surface area contributed by atoms with Crippen molar-refractivity contribution in [3.63, 3.8) is 0 Å². The number of fused-ring (bicyclic) bond motifs is 1. The number of hydrogen-bond acceptors (Lipinski definition) is 4. The van der Waals surface area contributed by atoms with Crippen LogP contribution in [0.15, 0.2) is 36.7 Å². The van der Waals surface area contributed by atoms with Gasteiger partial charge in [0.25, 0.3) is 5.91 Å². The molecular weight excluding hydrogens is 361 g/mol. The van der Waals surface area contributed by atoms with Crippen molar-refractivity contribution in [1.29, 1.82) is 0 Å². The standard InChI is InChI=1S/C19H20FN3O3.C2H6/c1-12-7-14(10-22-13(2)9-21-18(12)22)19(24)23(11-25-3)15-5-6-16(20)17(8-15)26-4;1-2/h5-10H,11H2,1-4H3;1-2H3. The predicted octanol–water partition coefficient (Wildman–Crippen LogP) is 4.38. The van der Waals surface area contributed by atoms with Crippen LogP contribution in [-0.4, -0.2) is 36.2 Å². The van der Waals surface area contributed by atoms with Crippen molar-refractivity contribution in [3.05, 3.63) is 59.3 Å². The molecule has 0 spiro atoms. The van der Waals surface area contributed by atoms with Gasteiger partial charge in [0.1, 0.15) is 12.4 Å². The topological polar surface area (TPSA) is 56.1 Å². The Morgan fingerprint density at radius 2 is 1.93 bits per heavy atom. The lowest BCUT2D eigenvalue weighted by Crippen LogP contribution is -2.33. The third-order valence-corrected chi connectivity index (χ3v) is 4.17. The number of aromatic nitrogens is 2. The molecule has 0 aliphatic heterocycles. The summed E-state index contributed by atoms with van der Waals surface area (Å²) in [4.78, 5) is 18.9. The van der Waals surface area contributed by atoms with E-state index >= 15 is 0 Å². The highest BCUT2D eigenvalue weighted by Gasteiger charge is 2.21. The van der Waals surface area contributed by atoms with E-state index in [0.717, 1.165) is 16.9 Å². The second-order valence-electron chi connectivity index (χ2n) is 5.97. The van der Waals surface area contributed by atoms with Crippen LogP contribution in [0.3, 0.4) is 0 Å². The number of halogens is 1. The zero-order valence-corrected chi connectivity index (χ0v) is 17.1. The maximum Gasteiger partial charge on any atom is 0.261 e. The number of rotatable bonds is 5. The highest BCUT2D eigenvalue weighted by Crippen LogP contribution is 2.26. The van der Waals surface area contributed by atoms with Crippen LogP contribution < -0.4 is 9.64 Å². The molecule has 1 amide bonds. The molecule has 0 N–H and O–H groups in total. The molecule has 7 heteroatoms. The van der Waals surface area contributed by atoms with Crippen molar-refractivity contribution < 1.29 is 18.7 Å². The zero-order chi connectivity index (χ0) is 20.8. The molecule has 0 aliphatic rings. The van der Waals surface area contributed by atoms with Crippen LogP contribution in [-0.2, 0) is 4.74 Å². The van der Waals surface area contributed by atoms with Gasteiger partial charge in [-0.3, -0.25) is 9.69 Å². The van der Waals surface area contributed by atoms with Crippen molar-refractivity contribution in [2.45, 2.75) is 27.7 Å². The molecule has 1 aromatic carbocycles. The van der Waals surface area contributed by atoms with Gasteiger partial charge in [-0.05, 0) is 37.6 Å². The Labute approximate surface area is 164 Å². The van der Waals surface area contributed by atoms with Crippen molar-refractivity contribution in [2.75, 3.05) is 25.9 Å². The summed E-state index contributed by atoms with van der Waals surface area (Å²) < 4.78 is 25.8. The average molecular weight is 387 g/mol. The minimum atomic E-state index is -0.493. The van der Waals surface area contributed by atoms with Crippen LogP contribution >= 0.6 is 0 Å². The first-order valence-corrected chi connectivity index (χ1v) is 9.05. The number of pyridine rings is 1. The van der Waals surface area contributed by atoms with Crippen LogP contribution in [0.5, 0.6) is 5.75 Å². The Balaban J connectivity index is 0.00000136. The number of carbonyl (C=O) groups is 1. The SMILES string of the molecule is CC.COCN(C(=O)c1cc(C)c2ncc(C)n2c1)c1ccc(F)c(OC)c1. The minimum Gasteiger partial charge on any atom is -0.494 e. The molecule has 2 aromatic heterocycles. The summed E-state index contributed by atoms with van der Waals surface area (Å²) in [6.07, 6.45) is 3.50. The number of anilines is 1. The molecule has 0 radical (unpaired) electrons. The van der Waals surface area contributed by atoms with Gasteiger partial charge >= 0.3 is 0 Å². The molecule has 0 saturated heterocycles. The molecule has 0 atom stereocenters. The van der Waals surface area contributed by atoms with Crippen LogP contribution in [0.4, 0.5) is 10.1 Å². The van der Waals surface area contributed by atoms with Gasteiger partial charge in [-0.1, -0.05) is 13.8 Å². The largest absolute Gasteiger partial charge is 0.494 e. The van der Waals surface area contributed by atoms with E-state index in [2.05, 4.69) is 4.98 Å². The van der Waals surface area contributed by atoms with Gasteiger partial charge in [-0.2, -0.15) is 0 Å². The Bertz CT molecular complexity index is 969. The average Bonchev–Trinajstić information content (AvgIpc) is 3.09. The Morgan fingerprint density at radius 3 is 2.57 bits per heavy atom. The lowest BCUT2D eigenvalue weighted by molar-refractivity contribution is 0.0936. The first-order chi connectivity index (χ1) is 13.5. The van der Waals surface area contributed by atoms with Gasteiger partial charge in [-0.25, -0.2) is 9.37 Å². The maximum atomic E-state index is 13.7. The van der Waals surface area contributed by atoms with Crippen molar-refractivity contribution in [3.8, 4) is 5.75 Å². The first-order valence-electron chi connectivity index (χ1n) is 9.05. The molecule has 3 rings (SSSR count). The zero-order valence-electron chi connectivity index (χ0n) is 17.1. The number of methoxy groups -OCH3 is 2. The quantitative estimate of drug-likeness (QED) is 0.610. The van der Waals surface area contributed by atoms with Crippen LogP contribution in [0.1, 0.15) is 35.5 Å². The molecule has 0 fully saturated rings. The Morgan fingerprint density at radius 1 is 1.21 bits per heavy atom. The number of carbonyl (C=O) groups excluding carboxylic acids is 1. The number of imidazole rings is 1. The van der Waals surface area contributed by atoms with Crippen molar-refractivity contribution >= 4 is 17.2 Å². The fraction of sp³-hybridized carbons (Fsp3) is 0.333. The molecule has 0 bridgehead atoms. The maximum absolute atomic E-state index is 13.7. The first kappa shape index (κ1) is 21.4. The number of nitrogens with zero attached hydrogens (tertiary/aromatic N) is 3. The summed E-state index contributed by atoms with van der Waals surface area (Å²) >= 11 is 0. The summed E-state index contributed by atoms with van der Waals surface area (Å²) in [5.74, 6) is -0.695. The molecule has 3 aromatic rings. The van der Waals surface area contributed by atoms with Crippen molar-refractivity contribution in [1.82, 2.24) is 9.38 Å². The van der Waals surface area contributed by atoms with Gasteiger partial charge in [-0.15, -0.1) is 0 Å². The predicted molar refractivity (Wildman–Crippen MR) is 108 cm³/mol. The van der Waals surface area contributed by atoms with E-state index in [4.69, 9.17) is 9.47 Å². The van der Waals surface area contributed by atoms with Crippen LogP contribution in [0.2, 0.25) is 0 Å². The number of amides is 1. The van der Waals surface area contributed by atoms with E-state index in [9.17, 15) is 9.18 Å². The molecular formula is C21H26FN3O3. The molecule has 150 valence electrons. The Kier molecular flexibility index (Phi) is 7.12. The minimum absolute atomic E-state index is 0.0214. The fourth-order valence-corrected chi connectivity index (χ4v) is 2.84. The summed E-state index contributed by atoms with van der Waals surface area (Å²) in [5.41, 5.74) is 3.59. The van der Waals surface area contributed by atoms with Crippen molar-refractivity contribution in [2.24, 2.45) is 0 Å². The number of hydrogen-bond donors (Lipinski definition) is 0. The number of benzene rings is 1.